The van der Waals surface area contributed by atoms with E-state index in [4.69, 9.17) is 4.99 Å². The summed E-state index contributed by atoms with van der Waals surface area (Å²) in [6.07, 6.45) is 6.69. The summed E-state index contributed by atoms with van der Waals surface area (Å²) in [5, 5.41) is 1.31. The number of thiophene rings is 1. The summed E-state index contributed by atoms with van der Waals surface area (Å²) in [5.74, 6) is 2.63. The molecular formula is C17H19N3S. The normalized spacial score (nSPS) is 34.4. The molecule has 1 aromatic carbocycles. The van der Waals surface area contributed by atoms with Crippen LogP contribution in [0.15, 0.2) is 35.3 Å². The fraction of sp³-hybridized carbons (Fsp3) is 0.471. The van der Waals surface area contributed by atoms with Gasteiger partial charge in [-0.2, -0.15) is 0 Å². The van der Waals surface area contributed by atoms with Gasteiger partial charge in [-0.15, -0.1) is 11.3 Å². The van der Waals surface area contributed by atoms with Crippen LogP contribution in [-0.2, 0) is 0 Å². The van der Waals surface area contributed by atoms with Gasteiger partial charge in [0.2, 0.25) is 0 Å². The Morgan fingerprint density at radius 1 is 1.14 bits per heavy atom. The molecule has 2 N–H and O–H groups in total. The van der Waals surface area contributed by atoms with E-state index in [2.05, 4.69) is 41.2 Å². The lowest BCUT2D eigenvalue weighted by Gasteiger charge is -2.47. The standard InChI is InChI=1S/C17H19N3S/c1-2-4-14-12(3-1)9-15(21-14)16-18-17(20-19-16)10-11-5-7-13(17)8-6-11/h1-4,9,11,13,20H,5-8,10H2,(H,18,19)/t11?,13?,17-/m1/s1. The van der Waals surface area contributed by atoms with Crippen LogP contribution in [0.5, 0.6) is 0 Å². The van der Waals surface area contributed by atoms with E-state index in [1.807, 2.05) is 11.3 Å². The van der Waals surface area contributed by atoms with Gasteiger partial charge in [0.05, 0.1) is 4.88 Å². The number of amidine groups is 1. The van der Waals surface area contributed by atoms with Crippen LogP contribution in [0.25, 0.3) is 10.1 Å². The highest BCUT2D eigenvalue weighted by Gasteiger charge is 2.50. The van der Waals surface area contributed by atoms with Crippen LogP contribution in [-0.4, -0.2) is 11.5 Å². The molecule has 0 unspecified atom stereocenters. The number of fused-ring (bicyclic) bond motifs is 3. The average Bonchev–Trinajstić information content (AvgIpc) is 3.13. The predicted octanol–water partition coefficient (Wildman–Crippen LogP) is 3.66. The molecule has 0 radical (unpaired) electrons. The van der Waals surface area contributed by atoms with E-state index in [1.165, 1.54) is 47.1 Å². The highest BCUT2D eigenvalue weighted by atomic mass is 32.1. The van der Waals surface area contributed by atoms with Crippen molar-refractivity contribution in [1.29, 1.82) is 0 Å². The average molecular weight is 297 g/mol. The van der Waals surface area contributed by atoms with Crippen molar-refractivity contribution >= 4 is 27.3 Å². The molecule has 1 atom stereocenters. The first-order chi connectivity index (χ1) is 10.3. The van der Waals surface area contributed by atoms with Crippen LogP contribution in [0.3, 0.4) is 0 Å². The Balaban J connectivity index is 1.54. The predicted molar refractivity (Wildman–Crippen MR) is 87.4 cm³/mol. The number of nitrogens with zero attached hydrogens (tertiary/aromatic N) is 1. The molecule has 1 aliphatic heterocycles. The first kappa shape index (κ1) is 12.2. The Labute approximate surface area is 128 Å². The Kier molecular flexibility index (Phi) is 2.50. The fourth-order valence-corrected chi connectivity index (χ4v) is 5.39. The monoisotopic (exact) mass is 297 g/mol. The summed E-state index contributed by atoms with van der Waals surface area (Å²) < 4.78 is 1.34. The van der Waals surface area contributed by atoms with E-state index in [0.717, 1.165) is 11.8 Å². The van der Waals surface area contributed by atoms with Crippen molar-refractivity contribution in [3.05, 3.63) is 35.2 Å². The zero-order valence-corrected chi connectivity index (χ0v) is 12.7. The summed E-state index contributed by atoms with van der Waals surface area (Å²) in [6, 6.07) is 10.8. The van der Waals surface area contributed by atoms with Crippen LogP contribution in [0, 0.1) is 11.8 Å². The number of aliphatic imine (C=N–C) groups is 1. The third-order valence-electron chi connectivity index (χ3n) is 5.49. The molecule has 1 spiro atoms. The number of hydrogen-bond acceptors (Lipinski definition) is 4. The van der Waals surface area contributed by atoms with E-state index in [0.29, 0.717) is 5.92 Å². The maximum Gasteiger partial charge on any atom is 0.155 e. The van der Waals surface area contributed by atoms with Crippen LogP contribution in [0.2, 0.25) is 0 Å². The zero-order chi connectivity index (χ0) is 13.9. The van der Waals surface area contributed by atoms with Crippen molar-refractivity contribution in [2.75, 3.05) is 0 Å². The van der Waals surface area contributed by atoms with Crippen molar-refractivity contribution < 1.29 is 0 Å². The van der Waals surface area contributed by atoms with E-state index in [9.17, 15) is 0 Å². The van der Waals surface area contributed by atoms with Gasteiger partial charge in [-0.05, 0) is 61.5 Å². The Bertz CT molecular complexity index is 693. The van der Waals surface area contributed by atoms with Gasteiger partial charge in [-0.25, -0.2) is 10.4 Å². The molecule has 3 aliphatic carbocycles. The number of rotatable bonds is 1. The minimum Gasteiger partial charge on any atom is -0.303 e. The number of hydrazine groups is 1. The molecule has 3 nitrogen and oxygen atoms in total. The first-order valence-electron chi connectivity index (χ1n) is 7.94. The minimum atomic E-state index is -0.0212. The maximum atomic E-state index is 5.13. The van der Waals surface area contributed by atoms with Gasteiger partial charge >= 0.3 is 0 Å². The van der Waals surface area contributed by atoms with Crippen LogP contribution >= 0.6 is 11.3 Å². The molecule has 4 heteroatoms. The summed E-state index contributed by atoms with van der Waals surface area (Å²) in [5.41, 5.74) is 6.92. The number of hydrogen-bond donors (Lipinski definition) is 2. The van der Waals surface area contributed by atoms with E-state index >= 15 is 0 Å². The third-order valence-corrected chi connectivity index (χ3v) is 6.61. The molecule has 2 aromatic rings. The second-order valence-electron chi connectivity index (χ2n) is 6.70. The lowest BCUT2D eigenvalue weighted by molar-refractivity contribution is 0.0506. The molecule has 1 aromatic heterocycles. The highest BCUT2D eigenvalue weighted by molar-refractivity contribution is 7.20. The molecule has 21 heavy (non-hydrogen) atoms. The summed E-state index contributed by atoms with van der Waals surface area (Å²) >= 11 is 1.83. The molecule has 4 aliphatic rings. The van der Waals surface area contributed by atoms with Gasteiger partial charge in [0.15, 0.2) is 5.84 Å². The van der Waals surface area contributed by atoms with Crippen LogP contribution in [0.1, 0.15) is 37.0 Å². The Hall–Kier alpha value is -1.39. The van der Waals surface area contributed by atoms with Crippen molar-refractivity contribution in [3.8, 4) is 0 Å². The molecule has 2 heterocycles. The first-order valence-corrected chi connectivity index (χ1v) is 8.76. The summed E-state index contributed by atoms with van der Waals surface area (Å²) in [4.78, 5) is 6.38. The summed E-state index contributed by atoms with van der Waals surface area (Å²) in [7, 11) is 0. The maximum absolute atomic E-state index is 5.13. The second-order valence-corrected chi connectivity index (χ2v) is 7.79. The molecule has 0 amide bonds. The Morgan fingerprint density at radius 2 is 2.00 bits per heavy atom. The largest absolute Gasteiger partial charge is 0.303 e. The second kappa shape index (κ2) is 4.31. The fourth-order valence-electron chi connectivity index (χ4n) is 4.38. The van der Waals surface area contributed by atoms with Crippen molar-refractivity contribution in [2.45, 2.75) is 37.8 Å². The van der Waals surface area contributed by atoms with Crippen LogP contribution < -0.4 is 10.9 Å². The molecule has 6 rings (SSSR count). The van der Waals surface area contributed by atoms with Crippen LogP contribution in [0.4, 0.5) is 0 Å². The van der Waals surface area contributed by atoms with Gasteiger partial charge < -0.3 is 5.43 Å². The number of nitrogens with one attached hydrogen (secondary N) is 2. The Morgan fingerprint density at radius 3 is 2.76 bits per heavy atom. The van der Waals surface area contributed by atoms with Gasteiger partial charge in [0, 0.05) is 4.70 Å². The van der Waals surface area contributed by atoms with E-state index in [1.54, 1.807) is 0 Å². The lowest BCUT2D eigenvalue weighted by Crippen LogP contribution is -2.56. The topological polar surface area (TPSA) is 36.4 Å². The summed E-state index contributed by atoms with van der Waals surface area (Å²) in [6.45, 7) is 0. The quantitative estimate of drug-likeness (QED) is 0.842. The van der Waals surface area contributed by atoms with Gasteiger partial charge in [-0.3, -0.25) is 0 Å². The van der Waals surface area contributed by atoms with E-state index in [-0.39, 0.29) is 5.66 Å². The third kappa shape index (κ3) is 1.79. The molecular weight excluding hydrogens is 278 g/mol. The van der Waals surface area contributed by atoms with Gasteiger partial charge in [-0.1, -0.05) is 18.2 Å². The van der Waals surface area contributed by atoms with Crippen molar-refractivity contribution in [2.24, 2.45) is 16.8 Å². The SMILES string of the molecule is c1ccc2sc(C3=N[C@]4(CC5CCC4CC5)NN3)cc2c1. The molecule has 108 valence electrons. The number of benzene rings is 1. The minimum absolute atomic E-state index is 0.0212. The molecule has 3 fully saturated rings. The van der Waals surface area contributed by atoms with Crippen molar-refractivity contribution in [1.82, 2.24) is 10.9 Å². The molecule has 0 saturated heterocycles. The van der Waals surface area contributed by atoms with Gasteiger partial charge in [0.25, 0.3) is 0 Å². The highest BCUT2D eigenvalue weighted by Crippen LogP contribution is 2.49. The van der Waals surface area contributed by atoms with Gasteiger partial charge in [0.1, 0.15) is 5.66 Å². The lowest BCUT2D eigenvalue weighted by atomic mass is 9.65. The van der Waals surface area contributed by atoms with E-state index < -0.39 is 0 Å². The molecule has 2 bridgehead atoms. The zero-order valence-electron chi connectivity index (χ0n) is 11.9. The smallest absolute Gasteiger partial charge is 0.155 e. The molecule has 3 saturated carbocycles. The van der Waals surface area contributed by atoms with Crippen molar-refractivity contribution in [3.63, 3.8) is 0 Å².